The third-order valence-electron chi connectivity index (χ3n) is 2.99. The van der Waals surface area contributed by atoms with E-state index in [-0.39, 0.29) is 11.6 Å². The Morgan fingerprint density at radius 1 is 1.50 bits per heavy atom. The molecule has 0 aromatic carbocycles. The third kappa shape index (κ3) is 1.75. The summed E-state index contributed by atoms with van der Waals surface area (Å²) in [4.78, 5) is 11.1. The predicted molar refractivity (Wildman–Crippen MR) is 57.1 cm³/mol. The number of carboxylic acid groups (broad SMARTS) is 1. The molecule has 2 heterocycles. The van der Waals surface area contributed by atoms with Crippen molar-refractivity contribution in [2.45, 2.75) is 32.2 Å². The molecule has 3 rings (SSSR count). The molecule has 1 N–H and O–H groups in total. The minimum atomic E-state index is -1.04. The fraction of sp³-hybridized carbons (Fsp3) is 0.500. The van der Waals surface area contributed by atoms with Crippen LogP contribution >= 0.6 is 0 Å². The first-order chi connectivity index (χ1) is 8.66. The lowest BCUT2D eigenvalue weighted by Crippen LogP contribution is -2.09. The summed E-state index contributed by atoms with van der Waals surface area (Å²) in [5.41, 5.74) is 2.01. The van der Waals surface area contributed by atoms with Crippen LogP contribution in [0.15, 0.2) is 4.63 Å². The van der Waals surface area contributed by atoms with Crippen molar-refractivity contribution in [1.29, 1.82) is 0 Å². The Kier molecular flexibility index (Phi) is 2.35. The zero-order valence-electron chi connectivity index (χ0n) is 9.70. The Labute approximate surface area is 102 Å². The van der Waals surface area contributed by atoms with Gasteiger partial charge in [0.15, 0.2) is 5.69 Å². The Bertz CT molecular complexity index is 598. The first-order valence-corrected chi connectivity index (χ1v) is 5.61. The van der Waals surface area contributed by atoms with Gasteiger partial charge in [0.25, 0.3) is 0 Å². The Morgan fingerprint density at radius 2 is 2.28 bits per heavy atom. The van der Waals surface area contributed by atoms with Gasteiger partial charge in [0.2, 0.25) is 0 Å². The zero-order chi connectivity index (χ0) is 12.7. The molecule has 0 unspecified atom stereocenters. The molecule has 1 saturated carbocycles. The maximum atomic E-state index is 11.1. The van der Waals surface area contributed by atoms with Gasteiger partial charge in [-0.2, -0.15) is 0 Å². The number of carboxylic acids is 1. The summed E-state index contributed by atoms with van der Waals surface area (Å²) in [5.74, 6) is -0.801. The SMILES string of the molecule is Cc1nonc1Cn1nnc(C(=O)O)c1C1CC1. The van der Waals surface area contributed by atoms with Crippen LogP contribution in [0.4, 0.5) is 0 Å². The van der Waals surface area contributed by atoms with E-state index in [4.69, 9.17) is 5.11 Å². The highest BCUT2D eigenvalue weighted by atomic mass is 16.6. The summed E-state index contributed by atoms with van der Waals surface area (Å²) < 4.78 is 6.19. The largest absolute Gasteiger partial charge is 0.476 e. The van der Waals surface area contributed by atoms with Crippen molar-refractivity contribution in [1.82, 2.24) is 25.3 Å². The lowest BCUT2D eigenvalue weighted by Gasteiger charge is -2.03. The van der Waals surface area contributed by atoms with Gasteiger partial charge in [0.1, 0.15) is 11.4 Å². The summed E-state index contributed by atoms with van der Waals surface area (Å²) in [6, 6.07) is 0. The highest BCUT2D eigenvalue weighted by Gasteiger charge is 2.34. The van der Waals surface area contributed by atoms with Gasteiger partial charge in [-0.15, -0.1) is 5.10 Å². The van der Waals surface area contributed by atoms with Gasteiger partial charge in [-0.25, -0.2) is 14.1 Å². The lowest BCUT2D eigenvalue weighted by molar-refractivity contribution is 0.0689. The number of hydrogen-bond donors (Lipinski definition) is 1. The van der Waals surface area contributed by atoms with Crippen LogP contribution < -0.4 is 0 Å². The fourth-order valence-corrected chi connectivity index (χ4v) is 1.89. The second-order valence-corrected chi connectivity index (χ2v) is 4.36. The minimum absolute atomic E-state index is 0.0339. The van der Waals surface area contributed by atoms with Gasteiger partial charge < -0.3 is 5.11 Å². The number of nitrogens with zero attached hydrogens (tertiary/aromatic N) is 5. The van der Waals surface area contributed by atoms with Gasteiger partial charge in [0.05, 0.1) is 12.2 Å². The van der Waals surface area contributed by atoms with Gasteiger partial charge in [-0.3, -0.25) is 0 Å². The normalized spacial score (nSPS) is 14.9. The van der Waals surface area contributed by atoms with E-state index in [2.05, 4.69) is 25.3 Å². The van der Waals surface area contributed by atoms with E-state index in [0.717, 1.165) is 12.8 Å². The van der Waals surface area contributed by atoms with Crippen LogP contribution in [0.1, 0.15) is 46.3 Å². The Balaban J connectivity index is 1.97. The number of aryl methyl sites for hydroxylation is 1. The van der Waals surface area contributed by atoms with Crippen LogP contribution in [0.2, 0.25) is 0 Å². The molecule has 1 aliphatic rings. The van der Waals surface area contributed by atoms with Gasteiger partial charge in [0, 0.05) is 5.92 Å². The van der Waals surface area contributed by atoms with E-state index in [1.807, 2.05) is 0 Å². The molecule has 0 aliphatic heterocycles. The summed E-state index contributed by atoms with van der Waals surface area (Å²) in [6.45, 7) is 2.11. The van der Waals surface area contributed by atoms with Crippen molar-refractivity contribution >= 4 is 5.97 Å². The second kappa shape index (κ2) is 3.90. The molecule has 0 saturated heterocycles. The average Bonchev–Trinajstić information content (AvgIpc) is 2.96. The molecule has 18 heavy (non-hydrogen) atoms. The van der Waals surface area contributed by atoms with Crippen LogP contribution in [-0.2, 0) is 6.54 Å². The molecule has 0 amide bonds. The van der Waals surface area contributed by atoms with Crippen molar-refractivity contribution in [3.8, 4) is 0 Å². The molecule has 2 aromatic heterocycles. The monoisotopic (exact) mass is 249 g/mol. The predicted octanol–water partition coefficient (Wildman–Crippen LogP) is 0.593. The fourth-order valence-electron chi connectivity index (χ4n) is 1.89. The maximum absolute atomic E-state index is 11.1. The summed E-state index contributed by atoms with van der Waals surface area (Å²) in [6.07, 6.45) is 1.95. The number of aromatic carboxylic acids is 1. The van der Waals surface area contributed by atoms with Gasteiger partial charge in [-0.05, 0) is 19.8 Å². The van der Waals surface area contributed by atoms with Crippen molar-refractivity contribution < 1.29 is 14.5 Å². The minimum Gasteiger partial charge on any atom is -0.476 e. The van der Waals surface area contributed by atoms with Crippen molar-refractivity contribution in [3.63, 3.8) is 0 Å². The van der Waals surface area contributed by atoms with E-state index >= 15 is 0 Å². The van der Waals surface area contributed by atoms with E-state index in [9.17, 15) is 4.79 Å². The van der Waals surface area contributed by atoms with Crippen LogP contribution in [0, 0.1) is 6.92 Å². The zero-order valence-corrected chi connectivity index (χ0v) is 9.70. The number of rotatable bonds is 4. The number of aromatic nitrogens is 5. The molecular formula is C10H11N5O3. The van der Waals surface area contributed by atoms with E-state index in [0.29, 0.717) is 23.6 Å². The van der Waals surface area contributed by atoms with Crippen LogP contribution in [0.5, 0.6) is 0 Å². The van der Waals surface area contributed by atoms with E-state index in [1.165, 1.54) is 0 Å². The van der Waals surface area contributed by atoms with Crippen LogP contribution in [0.3, 0.4) is 0 Å². The standard InChI is InChI=1S/C10H11N5O3/c1-5-7(13-18-12-5)4-15-9(6-2-3-6)8(10(16)17)11-14-15/h6H,2-4H2,1H3,(H,16,17). The maximum Gasteiger partial charge on any atom is 0.358 e. The molecular weight excluding hydrogens is 238 g/mol. The quantitative estimate of drug-likeness (QED) is 0.844. The molecule has 1 aliphatic carbocycles. The lowest BCUT2D eigenvalue weighted by atomic mass is 10.2. The second-order valence-electron chi connectivity index (χ2n) is 4.36. The van der Waals surface area contributed by atoms with E-state index in [1.54, 1.807) is 11.6 Å². The average molecular weight is 249 g/mol. The molecule has 0 atom stereocenters. The first-order valence-electron chi connectivity index (χ1n) is 5.61. The number of hydrogen-bond acceptors (Lipinski definition) is 6. The Hall–Kier alpha value is -2.25. The molecule has 0 spiro atoms. The topological polar surface area (TPSA) is 107 Å². The summed E-state index contributed by atoms with van der Waals surface area (Å²) >= 11 is 0. The molecule has 8 heteroatoms. The smallest absolute Gasteiger partial charge is 0.358 e. The Morgan fingerprint density at radius 3 is 2.83 bits per heavy atom. The molecule has 1 fully saturated rings. The van der Waals surface area contributed by atoms with Crippen molar-refractivity contribution in [2.24, 2.45) is 0 Å². The number of carbonyl (C=O) groups is 1. The van der Waals surface area contributed by atoms with Crippen molar-refractivity contribution in [2.75, 3.05) is 0 Å². The molecule has 94 valence electrons. The van der Waals surface area contributed by atoms with Crippen molar-refractivity contribution in [3.05, 3.63) is 22.8 Å². The molecule has 0 bridgehead atoms. The molecule has 0 radical (unpaired) electrons. The first kappa shape index (κ1) is 10.9. The molecule has 8 nitrogen and oxygen atoms in total. The molecule has 2 aromatic rings. The summed E-state index contributed by atoms with van der Waals surface area (Å²) in [5, 5.41) is 24.1. The van der Waals surface area contributed by atoms with Crippen LogP contribution in [-0.4, -0.2) is 36.4 Å². The van der Waals surface area contributed by atoms with E-state index < -0.39 is 5.97 Å². The van der Waals surface area contributed by atoms with Gasteiger partial charge >= 0.3 is 5.97 Å². The summed E-state index contributed by atoms with van der Waals surface area (Å²) in [7, 11) is 0. The van der Waals surface area contributed by atoms with Gasteiger partial charge in [-0.1, -0.05) is 15.5 Å². The van der Waals surface area contributed by atoms with Crippen LogP contribution in [0.25, 0.3) is 0 Å². The highest BCUT2D eigenvalue weighted by Crippen LogP contribution is 2.41. The third-order valence-corrected chi connectivity index (χ3v) is 2.99. The highest BCUT2D eigenvalue weighted by molar-refractivity contribution is 5.86.